The Labute approximate surface area is 128 Å². The van der Waals surface area contributed by atoms with Gasteiger partial charge in [-0.05, 0) is 38.7 Å². The van der Waals surface area contributed by atoms with Gasteiger partial charge in [0.15, 0.2) is 0 Å². The maximum Gasteiger partial charge on any atom is 0.240 e. The lowest BCUT2D eigenvalue weighted by Gasteiger charge is -2.38. The molecule has 114 valence electrons. The van der Waals surface area contributed by atoms with Crippen molar-refractivity contribution in [1.82, 2.24) is 9.97 Å². The highest BCUT2D eigenvalue weighted by Crippen LogP contribution is 2.36. The number of hydrogen-bond acceptors (Lipinski definition) is 7. The van der Waals surface area contributed by atoms with Gasteiger partial charge >= 0.3 is 0 Å². The van der Waals surface area contributed by atoms with Crippen LogP contribution < -0.4 is 16.2 Å². The number of nitrogens with one attached hydrogen (secondary N) is 1. The van der Waals surface area contributed by atoms with Gasteiger partial charge in [-0.2, -0.15) is 4.98 Å². The third kappa shape index (κ3) is 2.81. The molecule has 0 aromatic carbocycles. The van der Waals surface area contributed by atoms with Gasteiger partial charge in [0.1, 0.15) is 10.6 Å². The molecule has 1 aliphatic rings. The molecule has 1 saturated carbocycles. The molecule has 0 radical (unpaired) electrons. The summed E-state index contributed by atoms with van der Waals surface area (Å²) < 4.78 is 0. The number of nitrogen functional groups attached to an aromatic ring is 1. The van der Waals surface area contributed by atoms with E-state index in [1.54, 1.807) is 11.3 Å². The molecular formula is C14H21N5OS. The van der Waals surface area contributed by atoms with E-state index in [4.69, 9.17) is 10.9 Å². The summed E-state index contributed by atoms with van der Waals surface area (Å²) in [5, 5.41) is 10.2. The Morgan fingerprint density at radius 2 is 2.29 bits per heavy atom. The Kier molecular flexibility index (Phi) is 4.23. The lowest BCUT2D eigenvalue weighted by Crippen LogP contribution is -2.41. The van der Waals surface area contributed by atoms with Crippen LogP contribution in [-0.4, -0.2) is 34.3 Å². The summed E-state index contributed by atoms with van der Waals surface area (Å²) in [5.74, 6) is 6.90. The van der Waals surface area contributed by atoms with Crippen LogP contribution in [0.4, 0.5) is 11.8 Å². The zero-order chi connectivity index (χ0) is 14.8. The maximum atomic E-state index is 9.16. The number of hydrazine groups is 1. The molecule has 2 heterocycles. The first kappa shape index (κ1) is 14.5. The second-order valence-corrected chi connectivity index (χ2v) is 6.68. The van der Waals surface area contributed by atoms with E-state index in [1.165, 1.54) is 24.1 Å². The zero-order valence-corrected chi connectivity index (χ0v) is 13.0. The van der Waals surface area contributed by atoms with E-state index in [-0.39, 0.29) is 6.61 Å². The number of rotatable bonds is 6. The smallest absolute Gasteiger partial charge is 0.240 e. The first-order valence-electron chi connectivity index (χ1n) is 7.35. The van der Waals surface area contributed by atoms with Gasteiger partial charge in [-0.1, -0.05) is 0 Å². The Bertz CT molecular complexity index is 625. The van der Waals surface area contributed by atoms with Gasteiger partial charge in [0.2, 0.25) is 5.95 Å². The summed E-state index contributed by atoms with van der Waals surface area (Å²) in [6.45, 7) is 3.08. The molecule has 1 fully saturated rings. The number of aliphatic hydroxyl groups is 1. The van der Waals surface area contributed by atoms with Crippen molar-refractivity contribution in [3.8, 4) is 0 Å². The summed E-state index contributed by atoms with van der Waals surface area (Å²) in [5.41, 5.74) is 2.56. The molecule has 4 N–H and O–H groups in total. The van der Waals surface area contributed by atoms with E-state index >= 15 is 0 Å². The molecule has 0 spiro atoms. The largest absolute Gasteiger partial charge is 0.396 e. The van der Waals surface area contributed by atoms with E-state index in [2.05, 4.69) is 33.3 Å². The second kappa shape index (κ2) is 6.13. The van der Waals surface area contributed by atoms with Crippen LogP contribution in [0.25, 0.3) is 10.2 Å². The monoisotopic (exact) mass is 307 g/mol. The summed E-state index contributed by atoms with van der Waals surface area (Å²) >= 11 is 1.65. The minimum atomic E-state index is 0.197. The molecule has 3 rings (SSSR count). The van der Waals surface area contributed by atoms with E-state index < -0.39 is 0 Å². The molecule has 0 unspecified atom stereocenters. The highest BCUT2D eigenvalue weighted by atomic mass is 32.1. The number of nitrogens with zero attached hydrogens (tertiary/aromatic N) is 3. The average Bonchev–Trinajstić information content (AvgIpc) is 2.80. The number of thiophene rings is 1. The van der Waals surface area contributed by atoms with Gasteiger partial charge in [-0.3, -0.25) is 5.43 Å². The van der Waals surface area contributed by atoms with E-state index in [0.717, 1.165) is 29.0 Å². The lowest BCUT2D eigenvalue weighted by molar-refractivity contribution is 0.282. The van der Waals surface area contributed by atoms with Crippen LogP contribution in [0.2, 0.25) is 0 Å². The van der Waals surface area contributed by atoms with Crippen molar-refractivity contribution >= 4 is 33.3 Å². The maximum absolute atomic E-state index is 9.16. The lowest BCUT2D eigenvalue weighted by atomic mass is 9.91. The molecule has 7 heteroatoms. The Morgan fingerprint density at radius 1 is 1.48 bits per heavy atom. The average molecular weight is 307 g/mol. The van der Waals surface area contributed by atoms with Crippen LogP contribution in [0.5, 0.6) is 0 Å². The van der Waals surface area contributed by atoms with Crippen LogP contribution in [0.3, 0.4) is 0 Å². The van der Waals surface area contributed by atoms with Gasteiger partial charge < -0.3 is 10.0 Å². The molecule has 2 aromatic heterocycles. The predicted octanol–water partition coefficient (Wildman–Crippen LogP) is 2.03. The first-order valence-corrected chi connectivity index (χ1v) is 8.17. The summed E-state index contributed by atoms with van der Waals surface area (Å²) in [6.07, 6.45) is 4.38. The zero-order valence-electron chi connectivity index (χ0n) is 12.2. The number of nitrogens with two attached hydrogens (primary N) is 1. The molecule has 0 aliphatic heterocycles. The quantitative estimate of drug-likeness (QED) is 0.559. The minimum Gasteiger partial charge on any atom is -0.396 e. The minimum absolute atomic E-state index is 0.197. The van der Waals surface area contributed by atoms with Crippen molar-refractivity contribution in [1.29, 1.82) is 0 Å². The van der Waals surface area contributed by atoms with Crippen molar-refractivity contribution in [2.24, 2.45) is 5.84 Å². The van der Waals surface area contributed by atoms with Crippen molar-refractivity contribution in [3.05, 3.63) is 10.9 Å². The van der Waals surface area contributed by atoms with Gasteiger partial charge in [0, 0.05) is 24.1 Å². The Balaban J connectivity index is 2.05. The SMILES string of the molecule is Cc1cc2c(N(CCCO)C3CCC3)nc(NN)nc2s1. The molecule has 2 aromatic rings. The topological polar surface area (TPSA) is 87.3 Å². The van der Waals surface area contributed by atoms with Crippen LogP contribution in [0.1, 0.15) is 30.6 Å². The summed E-state index contributed by atoms with van der Waals surface area (Å²) in [4.78, 5) is 13.5. The number of aromatic nitrogens is 2. The number of aliphatic hydroxyl groups excluding tert-OH is 1. The normalized spacial score (nSPS) is 15.2. The fourth-order valence-corrected chi connectivity index (χ4v) is 3.59. The van der Waals surface area contributed by atoms with Gasteiger partial charge in [-0.25, -0.2) is 10.8 Å². The predicted molar refractivity (Wildman–Crippen MR) is 86.6 cm³/mol. The fourth-order valence-electron chi connectivity index (χ4n) is 2.71. The summed E-state index contributed by atoms with van der Waals surface area (Å²) in [7, 11) is 0. The highest BCUT2D eigenvalue weighted by molar-refractivity contribution is 7.18. The van der Waals surface area contributed by atoms with Crippen molar-refractivity contribution < 1.29 is 5.11 Å². The number of aryl methyl sites for hydroxylation is 1. The first-order chi connectivity index (χ1) is 10.2. The molecule has 0 saturated heterocycles. The number of fused-ring (bicyclic) bond motifs is 1. The number of hydrogen-bond donors (Lipinski definition) is 3. The molecule has 0 amide bonds. The standard InChI is InChI=1S/C14H21N5OS/c1-9-8-11-12(16-14(18-15)17-13(11)21-9)19(6-3-7-20)10-4-2-5-10/h8,10,20H,2-7,15H2,1H3,(H,16,17,18). The second-order valence-electron chi connectivity index (χ2n) is 5.45. The van der Waals surface area contributed by atoms with Gasteiger partial charge in [0.25, 0.3) is 0 Å². The molecular weight excluding hydrogens is 286 g/mol. The molecule has 0 atom stereocenters. The number of anilines is 2. The molecule has 0 bridgehead atoms. The van der Waals surface area contributed by atoms with Crippen molar-refractivity contribution in [2.75, 3.05) is 23.5 Å². The molecule has 6 nitrogen and oxygen atoms in total. The van der Waals surface area contributed by atoms with Gasteiger partial charge in [0.05, 0.1) is 5.39 Å². The van der Waals surface area contributed by atoms with Gasteiger partial charge in [-0.15, -0.1) is 11.3 Å². The summed E-state index contributed by atoms with van der Waals surface area (Å²) in [6, 6.07) is 2.65. The van der Waals surface area contributed by atoms with Crippen LogP contribution in [0, 0.1) is 6.92 Å². The van der Waals surface area contributed by atoms with Crippen LogP contribution in [0.15, 0.2) is 6.07 Å². The fraction of sp³-hybridized carbons (Fsp3) is 0.571. The molecule has 1 aliphatic carbocycles. The van der Waals surface area contributed by atoms with E-state index in [9.17, 15) is 0 Å². The van der Waals surface area contributed by atoms with E-state index in [1.807, 2.05) is 0 Å². The Morgan fingerprint density at radius 3 is 2.90 bits per heavy atom. The van der Waals surface area contributed by atoms with Crippen molar-refractivity contribution in [2.45, 2.75) is 38.6 Å². The highest BCUT2D eigenvalue weighted by Gasteiger charge is 2.28. The third-order valence-corrected chi connectivity index (χ3v) is 4.91. The Hall–Kier alpha value is -1.44. The third-order valence-electron chi connectivity index (χ3n) is 3.97. The van der Waals surface area contributed by atoms with E-state index in [0.29, 0.717) is 12.0 Å². The van der Waals surface area contributed by atoms with Crippen LogP contribution >= 0.6 is 11.3 Å². The van der Waals surface area contributed by atoms with Crippen molar-refractivity contribution in [3.63, 3.8) is 0 Å². The van der Waals surface area contributed by atoms with Crippen LogP contribution in [-0.2, 0) is 0 Å². The molecule has 21 heavy (non-hydrogen) atoms.